The van der Waals surface area contributed by atoms with Crippen molar-refractivity contribution >= 4 is 11.6 Å². The Bertz CT molecular complexity index is 394. The van der Waals surface area contributed by atoms with Crippen LogP contribution in [0.4, 0.5) is 0 Å². The van der Waals surface area contributed by atoms with Gasteiger partial charge in [0, 0.05) is 6.04 Å². The van der Waals surface area contributed by atoms with Crippen molar-refractivity contribution in [2.45, 2.75) is 45.8 Å². The van der Waals surface area contributed by atoms with E-state index in [0.29, 0.717) is 16.5 Å². The maximum atomic E-state index is 6.25. The summed E-state index contributed by atoms with van der Waals surface area (Å²) in [5.41, 5.74) is 6.85. The fourth-order valence-corrected chi connectivity index (χ4v) is 1.94. The van der Waals surface area contributed by atoms with Gasteiger partial charge in [0.25, 0.3) is 0 Å². The lowest BCUT2D eigenvalue weighted by Gasteiger charge is -2.18. The predicted molar refractivity (Wildman–Crippen MR) is 75.7 cm³/mol. The van der Waals surface area contributed by atoms with Gasteiger partial charge >= 0.3 is 0 Å². The second-order valence-electron chi connectivity index (χ2n) is 4.63. The largest absolute Gasteiger partial charge is 0.493 e. The molecule has 0 bridgehead atoms. The molecule has 0 aliphatic rings. The van der Waals surface area contributed by atoms with Gasteiger partial charge in [-0.05, 0) is 44.4 Å². The van der Waals surface area contributed by atoms with Crippen LogP contribution in [0.2, 0.25) is 5.02 Å². The lowest BCUT2D eigenvalue weighted by Crippen LogP contribution is -2.18. The second-order valence-corrected chi connectivity index (χ2v) is 5.03. The number of ether oxygens (including phenoxy) is 2. The van der Waals surface area contributed by atoms with Gasteiger partial charge in [0.15, 0.2) is 11.5 Å². The third-order valence-corrected chi connectivity index (χ3v) is 3.02. The third kappa shape index (κ3) is 4.07. The molecule has 18 heavy (non-hydrogen) atoms. The zero-order chi connectivity index (χ0) is 13.7. The van der Waals surface area contributed by atoms with Crippen LogP contribution in [0.15, 0.2) is 12.1 Å². The highest BCUT2D eigenvalue weighted by Crippen LogP contribution is 2.37. The molecular formula is C14H22ClNO2. The van der Waals surface area contributed by atoms with E-state index in [1.807, 2.05) is 26.0 Å². The normalized spacial score (nSPS) is 14.1. The molecule has 0 saturated heterocycles. The van der Waals surface area contributed by atoms with Gasteiger partial charge in [-0.1, -0.05) is 18.5 Å². The summed E-state index contributed by atoms with van der Waals surface area (Å²) < 4.78 is 11.1. The number of nitrogens with two attached hydrogens (primary N) is 1. The molecule has 0 heterocycles. The molecular weight excluding hydrogens is 250 g/mol. The first-order chi connectivity index (χ1) is 8.47. The summed E-state index contributed by atoms with van der Waals surface area (Å²) in [7, 11) is 1.62. The highest BCUT2D eigenvalue weighted by atomic mass is 35.5. The summed E-state index contributed by atoms with van der Waals surface area (Å²) in [6, 6.07) is 3.92. The fourth-order valence-electron chi connectivity index (χ4n) is 1.66. The summed E-state index contributed by atoms with van der Waals surface area (Å²) in [6.07, 6.45) is 1.79. The molecule has 0 aliphatic heterocycles. The Labute approximate surface area is 114 Å². The smallest absolute Gasteiger partial charge is 0.180 e. The zero-order valence-corrected chi connectivity index (χ0v) is 12.3. The Morgan fingerprint density at radius 1 is 1.33 bits per heavy atom. The number of halogens is 1. The quantitative estimate of drug-likeness (QED) is 0.862. The molecule has 2 unspecified atom stereocenters. The van der Waals surface area contributed by atoms with Crippen LogP contribution < -0.4 is 15.2 Å². The Balaban J connectivity index is 3.03. The van der Waals surface area contributed by atoms with Crippen molar-refractivity contribution in [3.63, 3.8) is 0 Å². The molecule has 102 valence electrons. The zero-order valence-electron chi connectivity index (χ0n) is 11.5. The molecule has 0 spiro atoms. The van der Waals surface area contributed by atoms with Gasteiger partial charge in [-0.15, -0.1) is 0 Å². The number of benzene rings is 1. The number of hydrogen-bond acceptors (Lipinski definition) is 3. The monoisotopic (exact) mass is 271 g/mol. The summed E-state index contributed by atoms with van der Waals surface area (Å²) in [6.45, 7) is 6.03. The third-order valence-electron chi connectivity index (χ3n) is 2.74. The lowest BCUT2D eigenvalue weighted by molar-refractivity contribution is 0.207. The van der Waals surface area contributed by atoms with Gasteiger partial charge in [-0.2, -0.15) is 0 Å². The maximum absolute atomic E-state index is 6.25. The van der Waals surface area contributed by atoms with E-state index in [4.69, 9.17) is 26.8 Å². The summed E-state index contributed by atoms with van der Waals surface area (Å²) in [4.78, 5) is 0. The first kappa shape index (κ1) is 15.1. The molecule has 1 aromatic carbocycles. The average molecular weight is 272 g/mol. The van der Waals surface area contributed by atoms with Crippen molar-refractivity contribution in [2.75, 3.05) is 7.11 Å². The van der Waals surface area contributed by atoms with Gasteiger partial charge in [-0.25, -0.2) is 0 Å². The molecule has 4 heteroatoms. The van der Waals surface area contributed by atoms with E-state index in [-0.39, 0.29) is 12.1 Å². The van der Waals surface area contributed by atoms with E-state index in [9.17, 15) is 0 Å². The van der Waals surface area contributed by atoms with Gasteiger partial charge in [0.1, 0.15) is 0 Å². The SMILES string of the molecule is CCC(C)Oc1c(Cl)cc(CC(C)N)cc1OC. The number of methoxy groups -OCH3 is 1. The molecule has 0 aromatic heterocycles. The molecule has 3 nitrogen and oxygen atoms in total. The molecule has 0 aliphatic carbocycles. The summed E-state index contributed by atoms with van der Waals surface area (Å²) >= 11 is 6.25. The van der Waals surface area contributed by atoms with Crippen molar-refractivity contribution in [3.05, 3.63) is 22.7 Å². The van der Waals surface area contributed by atoms with E-state index >= 15 is 0 Å². The van der Waals surface area contributed by atoms with Crippen LogP contribution in [0, 0.1) is 0 Å². The van der Waals surface area contributed by atoms with Gasteiger partial charge < -0.3 is 15.2 Å². The average Bonchev–Trinajstić information content (AvgIpc) is 2.31. The highest BCUT2D eigenvalue weighted by molar-refractivity contribution is 6.32. The first-order valence-electron chi connectivity index (χ1n) is 6.26. The molecule has 1 aromatic rings. The predicted octanol–water partition coefficient (Wildman–Crippen LogP) is 3.42. The Kier molecular flexibility index (Phi) is 5.76. The molecule has 0 saturated carbocycles. The number of rotatable bonds is 6. The number of hydrogen-bond donors (Lipinski definition) is 1. The van der Waals surface area contributed by atoms with Crippen LogP contribution >= 0.6 is 11.6 Å². The van der Waals surface area contributed by atoms with E-state index in [1.165, 1.54) is 0 Å². The van der Waals surface area contributed by atoms with E-state index < -0.39 is 0 Å². The van der Waals surface area contributed by atoms with Crippen LogP contribution in [0.25, 0.3) is 0 Å². The molecule has 0 amide bonds. The van der Waals surface area contributed by atoms with Crippen LogP contribution in [0.1, 0.15) is 32.8 Å². The molecule has 0 radical (unpaired) electrons. The topological polar surface area (TPSA) is 44.5 Å². The van der Waals surface area contributed by atoms with Crippen LogP contribution in [-0.4, -0.2) is 19.3 Å². The van der Waals surface area contributed by atoms with E-state index in [2.05, 4.69) is 6.92 Å². The molecule has 2 atom stereocenters. The summed E-state index contributed by atoms with van der Waals surface area (Å²) in [5, 5.41) is 0.574. The van der Waals surface area contributed by atoms with E-state index in [0.717, 1.165) is 18.4 Å². The van der Waals surface area contributed by atoms with Gasteiger partial charge in [-0.3, -0.25) is 0 Å². The van der Waals surface area contributed by atoms with Gasteiger partial charge in [0.2, 0.25) is 0 Å². The fraction of sp³-hybridized carbons (Fsp3) is 0.571. The Hall–Kier alpha value is -0.930. The minimum Gasteiger partial charge on any atom is -0.493 e. The standard InChI is InChI=1S/C14H22ClNO2/c1-5-10(3)18-14-12(15)7-11(6-9(2)16)8-13(14)17-4/h7-10H,5-6,16H2,1-4H3. The minimum atomic E-state index is 0.0899. The van der Waals surface area contributed by atoms with Crippen LogP contribution in [0.5, 0.6) is 11.5 Å². The minimum absolute atomic E-state index is 0.0899. The maximum Gasteiger partial charge on any atom is 0.180 e. The second kappa shape index (κ2) is 6.86. The van der Waals surface area contributed by atoms with Crippen molar-refractivity contribution in [3.8, 4) is 11.5 Å². The van der Waals surface area contributed by atoms with Crippen LogP contribution in [0.3, 0.4) is 0 Å². The first-order valence-corrected chi connectivity index (χ1v) is 6.64. The van der Waals surface area contributed by atoms with E-state index in [1.54, 1.807) is 7.11 Å². The molecule has 0 fully saturated rings. The Morgan fingerprint density at radius 2 is 2.00 bits per heavy atom. The molecule has 1 rings (SSSR count). The van der Waals surface area contributed by atoms with Crippen molar-refractivity contribution in [1.29, 1.82) is 0 Å². The Morgan fingerprint density at radius 3 is 2.50 bits per heavy atom. The van der Waals surface area contributed by atoms with Crippen molar-refractivity contribution in [2.24, 2.45) is 5.73 Å². The van der Waals surface area contributed by atoms with Crippen molar-refractivity contribution in [1.82, 2.24) is 0 Å². The summed E-state index contributed by atoms with van der Waals surface area (Å²) in [5.74, 6) is 1.28. The molecule has 2 N–H and O–H groups in total. The van der Waals surface area contributed by atoms with Crippen molar-refractivity contribution < 1.29 is 9.47 Å². The van der Waals surface area contributed by atoms with Gasteiger partial charge in [0.05, 0.1) is 18.2 Å². The van der Waals surface area contributed by atoms with Crippen LogP contribution in [-0.2, 0) is 6.42 Å². The highest BCUT2D eigenvalue weighted by Gasteiger charge is 2.14. The lowest BCUT2D eigenvalue weighted by atomic mass is 10.1.